The molecule has 0 unspecified atom stereocenters. The number of thiophene rings is 1. The van der Waals surface area contributed by atoms with Gasteiger partial charge in [0.1, 0.15) is 11.4 Å². The van der Waals surface area contributed by atoms with Crippen LogP contribution in [-0.2, 0) is 13.1 Å². The van der Waals surface area contributed by atoms with Gasteiger partial charge in [0.2, 0.25) is 0 Å². The number of carbonyl (C=O) groups is 1. The van der Waals surface area contributed by atoms with Crippen LogP contribution in [0.2, 0.25) is 15.1 Å². The molecule has 0 spiro atoms. The van der Waals surface area contributed by atoms with Crippen molar-refractivity contribution < 1.29 is 26.3 Å². The molecule has 0 saturated carbocycles. The van der Waals surface area contributed by atoms with E-state index in [0.717, 1.165) is 59.2 Å². The highest BCUT2D eigenvalue weighted by atomic mass is 79.9. The Labute approximate surface area is 297 Å². The minimum absolute atomic E-state index is 0. The van der Waals surface area contributed by atoms with Crippen LogP contribution < -0.4 is 17.0 Å². The lowest BCUT2D eigenvalue weighted by atomic mass is 10.1. The molecule has 0 atom stereocenters. The molecule has 1 amide bonds. The predicted molar refractivity (Wildman–Crippen MR) is 191 cm³/mol. The first kappa shape index (κ1) is 35.7. The fourth-order valence-corrected chi connectivity index (χ4v) is 8.18. The molecule has 0 radical (unpaired) electrons. The fraction of sp³-hybridized carbons (Fsp3) is 0.324. The van der Waals surface area contributed by atoms with Gasteiger partial charge in [0, 0.05) is 28.7 Å². The van der Waals surface area contributed by atoms with Crippen LogP contribution in [0.5, 0.6) is 0 Å². The van der Waals surface area contributed by atoms with Crippen LogP contribution >= 0.6 is 46.1 Å². The summed E-state index contributed by atoms with van der Waals surface area (Å²) in [6, 6.07) is 25.2. The molecular formula is C37H40BrCl3N2OS. The Morgan fingerprint density at radius 1 is 0.800 bits per heavy atom. The summed E-state index contributed by atoms with van der Waals surface area (Å²) >= 11 is 20.8. The van der Waals surface area contributed by atoms with Gasteiger partial charge in [0.25, 0.3) is 5.91 Å². The van der Waals surface area contributed by atoms with E-state index in [1.807, 2.05) is 17.0 Å². The van der Waals surface area contributed by atoms with Crippen LogP contribution in [0.4, 0.5) is 0 Å². The molecule has 238 valence electrons. The zero-order chi connectivity index (χ0) is 31.4. The lowest BCUT2D eigenvalue weighted by molar-refractivity contribution is -0.938. The van der Waals surface area contributed by atoms with Crippen molar-refractivity contribution >= 4 is 72.9 Å². The number of hydrogen-bond acceptors (Lipinski definition) is 2. The Bertz CT molecular complexity index is 1780. The lowest BCUT2D eigenvalue weighted by Crippen LogP contribution is -3.00. The first-order chi connectivity index (χ1) is 21.1. The fourth-order valence-electron chi connectivity index (χ4n) is 6.29. The number of rotatable bonds is 12. The normalized spacial score (nSPS) is 11.6. The molecule has 4 aromatic carbocycles. The number of nitrogens with zero attached hydrogens (tertiary/aromatic N) is 2. The van der Waals surface area contributed by atoms with Gasteiger partial charge >= 0.3 is 0 Å². The molecule has 0 N–H and O–H groups in total. The molecule has 0 fully saturated rings. The second kappa shape index (κ2) is 15.6. The second-order valence-electron chi connectivity index (χ2n) is 12.0. The number of fused-ring (bicyclic) bond motifs is 2. The number of hydrogen-bond donors (Lipinski definition) is 0. The van der Waals surface area contributed by atoms with Crippen LogP contribution in [0.1, 0.15) is 58.6 Å². The third-order valence-corrected chi connectivity index (χ3v) is 11.2. The van der Waals surface area contributed by atoms with Crippen LogP contribution in [0, 0.1) is 13.8 Å². The summed E-state index contributed by atoms with van der Waals surface area (Å²) in [5.41, 5.74) is 5.14. The van der Waals surface area contributed by atoms with Crippen molar-refractivity contribution in [1.82, 2.24) is 4.90 Å². The van der Waals surface area contributed by atoms with E-state index in [1.165, 1.54) is 38.8 Å². The van der Waals surface area contributed by atoms with Crippen LogP contribution in [0.25, 0.3) is 20.9 Å². The number of carbonyl (C=O) groups excluding carboxylic acids is 1. The van der Waals surface area contributed by atoms with E-state index >= 15 is 0 Å². The molecule has 0 aliphatic carbocycles. The molecular weight excluding hydrogens is 707 g/mol. The largest absolute Gasteiger partial charge is 1.00 e. The highest BCUT2D eigenvalue weighted by Crippen LogP contribution is 2.40. The zero-order valence-corrected chi connectivity index (χ0v) is 31.0. The summed E-state index contributed by atoms with van der Waals surface area (Å²) in [6.45, 7) is 14.3. The SMILES string of the molecule is CC[N+](CC)(CCCCN(Cc1ccc2ccccc2c1)C(=O)c1sc2cc(Cl)c(Cl)cc2c1Cl)Cc1cc(C)cc(C)c1.[Br-]. The molecule has 5 aromatic rings. The number of halogens is 4. The first-order valence-electron chi connectivity index (χ1n) is 15.4. The number of amides is 1. The Balaban J connectivity index is 0.00000461. The summed E-state index contributed by atoms with van der Waals surface area (Å²) in [6.07, 6.45) is 1.94. The molecule has 5 rings (SSSR count). The van der Waals surface area contributed by atoms with E-state index in [9.17, 15) is 4.79 Å². The average Bonchev–Trinajstić information content (AvgIpc) is 3.31. The van der Waals surface area contributed by atoms with Crippen molar-refractivity contribution in [3.05, 3.63) is 115 Å². The minimum Gasteiger partial charge on any atom is -1.00 e. The summed E-state index contributed by atoms with van der Waals surface area (Å²) in [7, 11) is 0. The molecule has 0 saturated heterocycles. The molecule has 1 aromatic heterocycles. The third kappa shape index (κ3) is 8.43. The van der Waals surface area contributed by atoms with Gasteiger partial charge in [-0.2, -0.15) is 0 Å². The monoisotopic (exact) mass is 744 g/mol. The maximum absolute atomic E-state index is 14.2. The van der Waals surface area contributed by atoms with E-state index < -0.39 is 0 Å². The lowest BCUT2D eigenvalue weighted by Gasteiger charge is -2.37. The average molecular weight is 747 g/mol. The Kier molecular flexibility index (Phi) is 12.4. The summed E-state index contributed by atoms with van der Waals surface area (Å²) in [5, 5.41) is 4.45. The van der Waals surface area contributed by atoms with Gasteiger partial charge in [-0.1, -0.05) is 101 Å². The van der Waals surface area contributed by atoms with E-state index in [2.05, 4.69) is 76.2 Å². The molecule has 1 heterocycles. The first-order valence-corrected chi connectivity index (χ1v) is 17.3. The zero-order valence-electron chi connectivity index (χ0n) is 26.3. The maximum Gasteiger partial charge on any atom is 0.265 e. The summed E-state index contributed by atoms with van der Waals surface area (Å²) < 4.78 is 1.89. The highest BCUT2D eigenvalue weighted by molar-refractivity contribution is 7.21. The predicted octanol–water partition coefficient (Wildman–Crippen LogP) is 8.11. The smallest absolute Gasteiger partial charge is 0.265 e. The van der Waals surface area contributed by atoms with Gasteiger partial charge in [-0.3, -0.25) is 4.79 Å². The van der Waals surface area contributed by atoms with Crippen LogP contribution in [0.15, 0.2) is 72.8 Å². The van der Waals surface area contributed by atoms with Crippen molar-refractivity contribution in [2.75, 3.05) is 26.2 Å². The summed E-state index contributed by atoms with van der Waals surface area (Å²) in [5.74, 6) is -0.0569. The molecule has 45 heavy (non-hydrogen) atoms. The van der Waals surface area contributed by atoms with E-state index in [1.54, 1.807) is 12.1 Å². The Morgan fingerprint density at radius 2 is 1.47 bits per heavy atom. The number of quaternary nitrogens is 1. The van der Waals surface area contributed by atoms with Gasteiger partial charge < -0.3 is 26.4 Å². The second-order valence-corrected chi connectivity index (χ2v) is 14.2. The molecule has 8 heteroatoms. The van der Waals surface area contributed by atoms with Crippen molar-refractivity contribution in [2.24, 2.45) is 0 Å². The topological polar surface area (TPSA) is 20.3 Å². The van der Waals surface area contributed by atoms with Crippen LogP contribution in [-0.4, -0.2) is 41.5 Å². The molecule has 0 aliphatic heterocycles. The third-order valence-electron chi connectivity index (χ3n) is 8.79. The van der Waals surface area contributed by atoms with Crippen molar-refractivity contribution in [3.8, 4) is 0 Å². The van der Waals surface area contributed by atoms with E-state index in [4.69, 9.17) is 34.8 Å². The summed E-state index contributed by atoms with van der Waals surface area (Å²) in [4.78, 5) is 16.7. The maximum atomic E-state index is 14.2. The number of unbranched alkanes of at least 4 members (excludes halogenated alkanes) is 1. The number of aryl methyl sites for hydroxylation is 2. The molecule has 0 bridgehead atoms. The van der Waals surface area contributed by atoms with Crippen molar-refractivity contribution in [1.29, 1.82) is 0 Å². The van der Waals surface area contributed by atoms with Crippen molar-refractivity contribution in [3.63, 3.8) is 0 Å². The minimum atomic E-state index is -0.0569. The van der Waals surface area contributed by atoms with Crippen LogP contribution in [0.3, 0.4) is 0 Å². The van der Waals surface area contributed by atoms with Gasteiger partial charge in [-0.25, -0.2) is 0 Å². The standard InChI is InChI=1S/C37H40Cl3N2OS.BrH/c1-5-42(6-2,24-28-18-25(3)17-26(4)19-28)16-10-9-15-41(23-27-13-14-29-11-7-8-12-30(29)20-27)37(43)36-35(40)31-21-32(38)33(39)22-34(31)44-36;/h7-8,11-14,17-22H,5-6,9-10,15-16,23-24H2,1-4H3;1H/q+1;/p-1. The number of benzene rings is 4. The Morgan fingerprint density at radius 3 is 2.16 bits per heavy atom. The van der Waals surface area contributed by atoms with Gasteiger partial charge in [-0.05, 0) is 75.1 Å². The van der Waals surface area contributed by atoms with Gasteiger partial charge in [0.15, 0.2) is 0 Å². The molecule has 3 nitrogen and oxygen atoms in total. The van der Waals surface area contributed by atoms with E-state index in [-0.39, 0.29) is 22.9 Å². The molecule has 0 aliphatic rings. The Hall–Kier alpha value is -2.12. The van der Waals surface area contributed by atoms with Gasteiger partial charge in [-0.15, -0.1) is 11.3 Å². The highest BCUT2D eigenvalue weighted by Gasteiger charge is 2.26. The van der Waals surface area contributed by atoms with E-state index in [0.29, 0.717) is 33.0 Å². The van der Waals surface area contributed by atoms with Crippen molar-refractivity contribution in [2.45, 2.75) is 53.6 Å². The van der Waals surface area contributed by atoms with Gasteiger partial charge in [0.05, 0.1) is 34.7 Å². The quantitative estimate of drug-likeness (QED) is 0.0934.